The van der Waals surface area contributed by atoms with E-state index in [-0.39, 0.29) is 11.7 Å². The van der Waals surface area contributed by atoms with E-state index in [0.29, 0.717) is 23.8 Å². The lowest BCUT2D eigenvalue weighted by Gasteiger charge is -2.18. The van der Waals surface area contributed by atoms with Crippen LogP contribution >= 0.6 is 0 Å². The molecule has 0 spiro atoms. The van der Waals surface area contributed by atoms with Crippen LogP contribution in [0.3, 0.4) is 0 Å². The summed E-state index contributed by atoms with van der Waals surface area (Å²) in [5, 5.41) is 0. The highest BCUT2D eigenvalue weighted by atomic mass is 19.1. The fourth-order valence-corrected chi connectivity index (χ4v) is 3.42. The molecule has 1 atom stereocenters. The Kier molecular flexibility index (Phi) is 4.13. The molecule has 0 bridgehead atoms. The van der Waals surface area contributed by atoms with E-state index < -0.39 is 0 Å². The van der Waals surface area contributed by atoms with E-state index in [9.17, 15) is 4.39 Å². The van der Waals surface area contributed by atoms with Crippen LogP contribution in [0, 0.1) is 5.82 Å². The molecule has 0 aromatic heterocycles. The summed E-state index contributed by atoms with van der Waals surface area (Å²) in [4.78, 5) is 0. The number of hydrogen-bond donors (Lipinski definition) is 1. The lowest BCUT2D eigenvalue weighted by Crippen LogP contribution is -2.07. The van der Waals surface area contributed by atoms with Crippen molar-refractivity contribution in [3.05, 3.63) is 41.2 Å². The van der Waals surface area contributed by atoms with E-state index in [1.807, 2.05) is 6.07 Å². The van der Waals surface area contributed by atoms with Gasteiger partial charge in [-0.25, -0.2) is 4.39 Å². The Morgan fingerprint density at radius 2 is 1.74 bits per heavy atom. The van der Waals surface area contributed by atoms with Gasteiger partial charge in [-0.05, 0) is 47.9 Å². The molecule has 0 radical (unpaired) electrons. The Bertz CT molecular complexity index is 746. The number of halogens is 1. The molecule has 4 nitrogen and oxygen atoms in total. The van der Waals surface area contributed by atoms with E-state index in [1.54, 1.807) is 33.5 Å². The van der Waals surface area contributed by atoms with Gasteiger partial charge in [0.05, 0.1) is 21.3 Å². The van der Waals surface area contributed by atoms with Gasteiger partial charge in [-0.3, -0.25) is 0 Å². The maximum atomic E-state index is 13.8. The van der Waals surface area contributed by atoms with Gasteiger partial charge in [0.2, 0.25) is 5.75 Å². The van der Waals surface area contributed by atoms with E-state index in [2.05, 4.69) is 0 Å². The van der Waals surface area contributed by atoms with Crippen LogP contribution in [0.4, 0.5) is 4.39 Å². The summed E-state index contributed by atoms with van der Waals surface area (Å²) < 4.78 is 30.3. The summed E-state index contributed by atoms with van der Waals surface area (Å²) in [6, 6.07) is 6.76. The zero-order valence-corrected chi connectivity index (χ0v) is 13.5. The number of nitrogens with two attached hydrogens (primary N) is 1. The van der Waals surface area contributed by atoms with Gasteiger partial charge in [0.1, 0.15) is 5.82 Å². The largest absolute Gasteiger partial charge is 0.493 e. The normalized spacial score (nSPS) is 15.1. The van der Waals surface area contributed by atoms with Crippen molar-refractivity contribution < 1.29 is 18.6 Å². The molecule has 1 unspecified atom stereocenters. The fraction of sp³-hybridized carbons (Fsp3) is 0.333. The summed E-state index contributed by atoms with van der Waals surface area (Å²) in [6.07, 6.45) is 0.724. The number of ether oxygens (including phenoxy) is 3. The predicted molar refractivity (Wildman–Crippen MR) is 87.0 cm³/mol. The molecule has 0 aliphatic heterocycles. The Hall–Kier alpha value is -2.27. The minimum atomic E-state index is -0.253. The first-order valence-electron chi connectivity index (χ1n) is 7.49. The average molecular weight is 317 g/mol. The second-order valence-electron chi connectivity index (χ2n) is 5.47. The van der Waals surface area contributed by atoms with E-state index >= 15 is 0 Å². The molecule has 2 aromatic rings. The maximum absolute atomic E-state index is 13.8. The van der Waals surface area contributed by atoms with Gasteiger partial charge in [0.25, 0.3) is 0 Å². The zero-order valence-electron chi connectivity index (χ0n) is 13.5. The number of hydrogen-bond acceptors (Lipinski definition) is 4. The first-order chi connectivity index (χ1) is 11.2. The van der Waals surface area contributed by atoms with Gasteiger partial charge in [0, 0.05) is 11.5 Å². The Morgan fingerprint density at radius 1 is 1.00 bits per heavy atom. The Morgan fingerprint density at radius 3 is 2.35 bits per heavy atom. The summed E-state index contributed by atoms with van der Waals surface area (Å²) in [7, 11) is 4.76. The highest BCUT2D eigenvalue weighted by molar-refractivity contribution is 5.87. The quantitative estimate of drug-likeness (QED) is 0.919. The number of fused-ring (bicyclic) bond motifs is 3. The number of rotatable bonds is 5. The molecule has 122 valence electrons. The van der Waals surface area contributed by atoms with Crippen LogP contribution in [0.15, 0.2) is 24.3 Å². The second-order valence-corrected chi connectivity index (χ2v) is 5.47. The molecule has 0 amide bonds. The van der Waals surface area contributed by atoms with Crippen molar-refractivity contribution in [1.29, 1.82) is 0 Å². The maximum Gasteiger partial charge on any atom is 0.203 e. The van der Waals surface area contributed by atoms with Crippen molar-refractivity contribution in [3.8, 4) is 28.4 Å². The van der Waals surface area contributed by atoms with Crippen LogP contribution in [0.5, 0.6) is 17.2 Å². The van der Waals surface area contributed by atoms with Crippen molar-refractivity contribution in [2.75, 3.05) is 27.9 Å². The van der Waals surface area contributed by atoms with Crippen molar-refractivity contribution in [2.24, 2.45) is 5.73 Å². The number of benzene rings is 2. The molecule has 5 heteroatoms. The monoisotopic (exact) mass is 317 g/mol. The summed E-state index contributed by atoms with van der Waals surface area (Å²) in [5.74, 6) is 1.51. The fourth-order valence-electron chi connectivity index (χ4n) is 3.42. The van der Waals surface area contributed by atoms with E-state index in [4.69, 9.17) is 19.9 Å². The van der Waals surface area contributed by atoms with E-state index in [1.165, 1.54) is 6.07 Å². The van der Waals surface area contributed by atoms with Crippen molar-refractivity contribution in [3.63, 3.8) is 0 Å². The summed E-state index contributed by atoms with van der Waals surface area (Å²) in [6.45, 7) is 0.511. The molecule has 1 aliphatic rings. The summed E-state index contributed by atoms with van der Waals surface area (Å²) >= 11 is 0. The molecule has 0 fully saturated rings. The van der Waals surface area contributed by atoms with Crippen LogP contribution in [0.2, 0.25) is 0 Å². The summed E-state index contributed by atoms with van der Waals surface area (Å²) in [5.41, 5.74) is 9.62. The van der Waals surface area contributed by atoms with Gasteiger partial charge in [0.15, 0.2) is 11.5 Å². The van der Waals surface area contributed by atoms with Crippen molar-refractivity contribution in [2.45, 2.75) is 12.3 Å². The van der Waals surface area contributed by atoms with Gasteiger partial charge < -0.3 is 19.9 Å². The van der Waals surface area contributed by atoms with Crippen LogP contribution in [0.25, 0.3) is 11.1 Å². The van der Waals surface area contributed by atoms with Gasteiger partial charge >= 0.3 is 0 Å². The zero-order chi connectivity index (χ0) is 16.6. The van der Waals surface area contributed by atoms with Crippen molar-refractivity contribution in [1.82, 2.24) is 0 Å². The smallest absolute Gasteiger partial charge is 0.203 e. The predicted octanol–water partition coefficient (Wildman–Crippen LogP) is 3.31. The standard InChI is InChI=1S/C18H20FNO3/c1-21-15-9-14-11(6-7-20)13-8-10(19)4-5-12(13)16(14)18(23-3)17(15)22-2/h4-5,8-9,11H,6-7,20H2,1-3H3. The molecule has 23 heavy (non-hydrogen) atoms. The second kappa shape index (κ2) is 6.08. The van der Waals surface area contributed by atoms with Crippen LogP contribution in [-0.2, 0) is 0 Å². The van der Waals surface area contributed by atoms with Crippen LogP contribution in [-0.4, -0.2) is 27.9 Å². The third-order valence-electron chi connectivity index (χ3n) is 4.35. The highest BCUT2D eigenvalue weighted by Crippen LogP contribution is 2.56. The first-order valence-corrected chi connectivity index (χ1v) is 7.49. The highest BCUT2D eigenvalue weighted by Gasteiger charge is 2.34. The van der Waals surface area contributed by atoms with Gasteiger partial charge in [-0.1, -0.05) is 6.07 Å². The Balaban J connectivity index is 2.34. The lowest BCUT2D eigenvalue weighted by atomic mass is 9.93. The van der Waals surface area contributed by atoms with Gasteiger partial charge in [-0.2, -0.15) is 0 Å². The topological polar surface area (TPSA) is 53.7 Å². The van der Waals surface area contributed by atoms with E-state index in [0.717, 1.165) is 28.7 Å². The SMILES string of the molecule is COc1cc2c(c(OC)c1OC)-c1ccc(F)cc1C2CCN. The molecule has 0 saturated carbocycles. The third kappa shape index (κ3) is 2.32. The third-order valence-corrected chi connectivity index (χ3v) is 4.35. The van der Waals surface area contributed by atoms with Gasteiger partial charge in [-0.15, -0.1) is 0 Å². The molecule has 3 rings (SSSR count). The molecule has 2 N–H and O–H groups in total. The lowest BCUT2D eigenvalue weighted by molar-refractivity contribution is 0.324. The average Bonchev–Trinajstić information content (AvgIpc) is 2.86. The van der Waals surface area contributed by atoms with Crippen molar-refractivity contribution >= 4 is 0 Å². The van der Waals surface area contributed by atoms with Crippen LogP contribution < -0.4 is 19.9 Å². The minimum Gasteiger partial charge on any atom is -0.493 e. The minimum absolute atomic E-state index is 0.0226. The molecular weight excluding hydrogens is 297 g/mol. The molecular formula is C18H20FNO3. The molecule has 0 heterocycles. The molecule has 1 aliphatic carbocycles. The first kappa shape index (κ1) is 15.6. The van der Waals surface area contributed by atoms with Crippen LogP contribution in [0.1, 0.15) is 23.5 Å². The molecule has 0 saturated heterocycles. The number of methoxy groups -OCH3 is 3. The molecule has 2 aromatic carbocycles. The Labute approximate surface area is 135 Å².